The largest absolute Gasteiger partial charge is 0.310 e. The van der Waals surface area contributed by atoms with Gasteiger partial charge in [-0.25, -0.2) is 0 Å². The maximum absolute atomic E-state index is 10.3. The summed E-state index contributed by atoms with van der Waals surface area (Å²) in [5, 5.41) is 0.264. The Hall–Kier alpha value is -13.4. The molecule has 2 aliphatic rings. The van der Waals surface area contributed by atoms with Gasteiger partial charge < -0.3 is 23.8 Å². The van der Waals surface area contributed by atoms with E-state index in [4.69, 9.17) is 4.11 Å². The summed E-state index contributed by atoms with van der Waals surface area (Å²) < 4.78 is 166. The standard InChI is InChI=1S/C104H80BN5/c1-103(2,3)75-42-31-41-73(61-75)74-55-58-90-96(62-74)109(102-87(71-37-17-9-18-38-71)63-76(104(4,5)6)64-88(102)72-39-19-10-20-40-72)98-67-81(108-92-52-28-25-47-84(92)85-48-26-29-53-93(85)108)68-99-100(98)105(90)91-59-56-80(66-97(91)110(99)101-82(69-33-13-7-14-34-69)50-32-51-83(101)70-35-15-8-16-36-70)107-94-54-30-27-49-86(94)89-65-79(57-60-95(89)107)106(77-43-21-11-22-44-77)78-45-23-12-24-46-78/h7-68H,1-6H3/i11D,21D,22D,25D,26D,27D,28D,29D,30D,43D,44D,47D,48D,49D,52D,53D,54D. The minimum atomic E-state index is -0.755. The predicted octanol–water partition coefficient (Wildman–Crippen LogP) is 26.4. The highest BCUT2D eigenvalue weighted by Crippen LogP contribution is 2.56. The van der Waals surface area contributed by atoms with Crippen molar-refractivity contribution in [3.05, 3.63) is 387 Å². The summed E-state index contributed by atoms with van der Waals surface area (Å²) in [6, 6.07) is 82.5. The molecule has 0 N–H and O–H groups in total. The summed E-state index contributed by atoms with van der Waals surface area (Å²) in [4.78, 5) is 6.18. The van der Waals surface area contributed by atoms with Crippen LogP contribution in [0.15, 0.2) is 376 Å². The molecule has 0 saturated heterocycles. The van der Waals surface area contributed by atoms with E-state index in [1.807, 2.05) is 102 Å². The molecule has 110 heavy (non-hydrogen) atoms. The molecule has 0 unspecified atom stereocenters. The second kappa shape index (κ2) is 26.2. The average molecular weight is 1430 g/mol. The van der Waals surface area contributed by atoms with E-state index < -0.39 is 103 Å². The van der Waals surface area contributed by atoms with Crippen molar-refractivity contribution in [3.8, 4) is 67.0 Å². The van der Waals surface area contributed by atoms with Gasteiger partial charge in [-0.3, -0.25) is 0 Å². The van der Waals surface area contributed by atoms with Gasteiger partial charge >= 0.3 is 0 Å². The lowest BCUT2D eigenvalue weighted by atomic mass is 9.33. The Kier molecular flexibility index (Phi) is 12.0. The SMILES string of the molecule is [2H]c1c([2H])c([2H])c(N(c2ccccc2)c2ccc3c(c2)c2c([2H])c([2H])c([2H])c([2H])c2n3-c2ccc3c(c2)N(c2c(-c4ccccc4)cccc2-c2ccccc2)c2cc(-n4c5c([2H])c([2H])c([2H])c([2H])c5c5c([2H])c([2H])c([2H])c([2H])c54)cc4c2B3c2ccc(-c3cccc(C(C)(C)C)c3)cc2N4c2c(-c3ccccc3)cc(C(C)(C)C)cc2-c2ccccc2)c([2H])c1[2H]. The molecule has 0 radical (unpaired) electrons. The molecule has 16 aromatic carbocycles. The zero-order valence-corrected chi connectivity index (χ0v) is 61.3. The first-order chi connectivity index (χ1) is 60.9. The van der Waals surface area contributed by atoms with Gasteiger partial charge in [0, 0.05) is 89.3 Å². The van der Waals surface area contributed by atoms with E-state index in [2.05, 4.69) is 179 Å². The summed E-state index contributed by atoms with van der Waals surface area (Å²) in [5.74, 6) is 0. The Bertz CT molecular complexity index is 7480. The van der Waals surface area contributed by atoms with Crippen molar-refractivity contribution in [1.82, 2.24) is 9.13 Å². The molecule has 524 valence electrons. The molecule has 0 atom stereocenters. The van der Waals surface area contributed by atoms with Gasteiger partial charge in [0.2, 0.25) is 0 Å². The highest BCUT2D eigenvalue weighted by Gasteiger charge is 2.46. The normalized spacial score (nSPS) is 14.7. The zero-order chi connectivity index (χ0) is 88.7. The second-order valence-electron chi connectivity index (χ2n) is 30.4. The van der Waals surface area contributed by atoms with Crippen LogP contribution in [0, 0.1) is 0 Å². The van der Waals surface area contributed by atoms with E-state index in [1.54, 1.807) is 58.0 Å². The molecule has 2 aliphatic heterocycles. The third-order valence-corrected chi connectivity index (χ3v) is 21.8. The first kappa shape index (κ1) is 50.2. The van der Waals surface area contributed by atoms with Crippen LogP contribution in [0.4, 0.5) is 51.2 Å². The van der Waals surface area contributed by atoms with Crippen LogP contribution >= 0.6 is 0 Å². The maximum Gasteiger partial charge on any atom is 0.252 e. The van der Waals surface area contributed by atoms with Gasteiger partial charge in [0.1, 0.15) is 0 Å². The second-order valence-corrected chi connectivity index (χ2v) is 30.4. The number of hydrogen-bond acceptors (Lipinski definition) is 3. The summed E-state index contributed by atoms with van der Waals surface area (Å²) >= 11 is 0. The molecule has 2 aromatic heterocycles. The van der Waals surface area contributed by atoms with Crippen LogP contribution in [0.25, 0.3) is 111 Å². The molecule has 18 aromatic rings. The van der Waals surface area contributed by atoms with Crippen LogP contribution in [-0.2, 0) is 10.8 Å². The number of nitrogens with zero attached hydrogens (tertiary/aromatic N) is 5. The van der Waals surface area contributed by atoms with Crippen LogP contribution in [-0.4, -0.2) is 15.8 Å². The zero-order valence-electron chi connectivity index (χ0n) is 78.3. The highest BCUT2D eigenvalue weighted by molar-refractivity contribution is 7.00. The lowest BCUT2D eigenvalue weighted by Crippen LogP contribution is -2.61. The van der Waals surface area contributed by atoms with E-state index in [9.17, 15) is 19.2 Å². The topological polar surface area (TPSA) is 19.6 Å². The molecule has 6 heteroatoms. The molecular weight excluding hydrogens is 1330 g/mol. The molecule has 0 fully saturated rings. The number of para-hydroxylation sites is 6. The van der Waals surface area contributed by atoms with Gasteiger partial charge in [-0.15, -0.1) is 0 Å². The Labute approximate surface area is 668 Å². The Balaban J connectivity index is 0.997. The maximum atomic E-state index is 10.3. The first-order valence-electron chi connectivity index (χ1n) is 45.6. The summed E-state index contributed by atoms with van der Waals surface area (Å²) in [6.07, 6.45) is 0. The molecule has 0 spiro atoms. The van der Waals surface area contributed by atoms with Gasteiger partial charge in [-0.2, -0.15) is 0 Å². The Morgan fingerprint density at radius 2 is 0.709 bits per heavy atom. The van der Waals surface area contributed by atoms with E-state index in [0.717, 1.165) is 94.5 Å². The number of anilines is 9. The van der Waals surface area contributed by atoms with Crippen LogP contribution in [0.3, 0.4) is 0 Å². The quantitative estimate of drug-likeness (QED) is 0.114. The number of aromatic nitrogens is 2. The monoisotopic (exact) mass is 1430 g/mol. The van der Waals surface area contributed by atoms with Gasteiger partial charge in [-0.05, 0) is 175 Å². The summed E-state index contributed by atoms with van der Waals surface area (Å²) in [7, 11) is 0. The summed E-state index contributed by atoms with van der Waals surface area (Å²) in [5.41, 5.74) is 18.0. The number of benzene rings is 16. The van der Waals surface area contributed by atoms with Crippen LogP contribution in [0.2, 0.25) is 0 Å². The fraction of sp³-hybridized carbons (Fsp3) is 0.0769. The minimum absolute atomic E-state index is 0.0936. The first-order valence-corrected chi connectivity index (χ1v) is 37.1. The molecule has 0 saturated carbocycles. The third-order valence-electron chi connectivity index (χ3n) is 21.8. The molecular formula is C104H80BN5. The number of rotatable bonds is 12. The van der Waals surface area contributed by atoms with E-state index >= 15 is 0 Å². The summed E-state index contributed by atoms with van der Waals surface area (Å²) in [6.45, 7) is 12.5. The van der Waals surface area contributed by atoms with Crippen molar-refractivity contribution in [2.24, 2.45) is 0 Å². The molecule has 5 nitrogen and oxygen atoms in total. The van der Waals surface area contributed by atoms with Crippen LogP contribution < -0.4 is 31.1 Å². The highest BCUT2D eigenvalue weighted by atomic mass is 15.2. The van der Waals surface area contributed by atoms with Crippen molar-refractivity contribution >= 4 is 118 Å². The van der Waals surface area contributed by atoms with Gasteiger partial charge in [0.25, 0.3) is 6.71 Å². The average Bonchev–Trinajstić information content (AvgIpc) is 1.31. The molecule has 0 amide bonds. The Morgan fingerprint density at radius 1 is 0.282 bits per heavy atom. The molecule has 4 heterocycles. The lowest BCUT2D eigenvalue weighted by molar-refractivity contribution is 0.590. The minimum Gasteiger partial charge on any atom is -0.310 e. The van der Waals surface area contributed by atoms with Crippen molar-refractivity contribution in [1.29, 1.82) is 0 Å². The van der Waals surface area contributed by atoms with Gasteiger partial charge in [-0.1, -0.05) is 314 Å². The number of hydrogen-bond donors (Lipinski definition) is 0. The predicted molar refractivity (Wildman–Crippen MR) is 468 cm³/mol. The fourth-order valence-electron chi connectivity index (χ4n) is 16.7. The van der Waals surface area contributed by atoms with E-state index in [-0.39, 0.29) is 61.6 Å². The smallest absolute Gasteiger partial charge is 0.252 e. The fourth-order valence-corrected chi connectivity index (χ4v) is 16.7. The lowest BCUT2D eigenvalue weighted by Gasteiger charge is -2.46. The third kappa shape index (κ3) is 11.0. The van der Waals surface area contributed by atoms with E-state index in [1.165, 1.54) is 0 Å². The van der Waals surface area contributed by atoms with E-state index in [0.29, 0.717) is 50.7 Å². The number of fused-ring (bicyclic) bond motifs is 10. The van der Waals surface area contributed by atoms with Gasteiger partial charge in [0.05, 0.1) is 62.4 Å². The molecule has 0 aliphatic carbocycles. The van der Waals surface area contributed by atoms with Gasteiger partial charge in [0.15, 0.2) is 0 Å². The van der Waals surface area contributed by atoms with Crippen molar-refractivity contribution < 1.29 is 23.3 Å². The molecule has 20 rings (SSSR count). The Morgan fingerprint density at radius 3 is 1.25 bits per heavy atom. The van der Waals surface area contributed by atoms with Crippen LogP contribution in [0.5, 0.6) is 0 Å². The van der Waals surface area contributed by atoms with Crippen molar-refractivity contribution in [2.45, 2.75) is 52.4 Å². The van der Waals surface area contributed by atoms with Crippen molar-refractivity contribution in [2.75, 3.05) is 14.7 Å². The molecule has 0 bridgehead atoms. The van der Waals surface area contributed by atoms with Crippen LogP contribution in [0.1, 0.15) is 76.0 Å². The van der Waals surface area contributed by atoms with Crippen molar-refractivity contribution in [3.63, 3.8) is 0 Å².